The van der Waals surface area contributed by atoms with Gasteiger partial charge in [0.2, 0.25) is 12.7 Å². The van der Waals surface area contributed by atoms with Crippen molar-refractivity contribution in [1.29, 1.82) is 0 Å². The van der Waals surface area contributed by atoms with Gasteiger partial charge in [0.1, 0.15) is 0 Å². The van der Waals surface area contributed by atoms with E-state index in [2.05, 4.69) is 224 Å². The molecule has 6 aromatic carbocycles. The standard InChI is InChI=1S/2C28H33N2.2ClH.2Cr.O/c2*1-19(2)24-8-7-9-25(20(3)4)28(24)30-17-16-29(18-30)15-14-23-12-13-26-21(5)10-11-22(6)27(23)26;;;;;/h2*7-13,16-17,19-20H,14-15H2,1-6H3;2*1H;;;/q2*-1;;;2*+3;-2/p-2. The number of nitrogens with zero attached hydrogens (tertiary/aromatic N) is 4. The van der Waals surface area contributed by atoms with Gasteiger partial charge in [-0.15, -0.1) is 74.1 Å². The van der Waals surface area contributed by atoms with E-state index in [0.29, 0.717) is 23.7 Å². The number of hydrogen-bond donors (Lipinski definition) is 0. The van der Waals surface area contributed by atoms with Crippen LogP contribution in [0.5, 0.6) is 0 Å². The van der Waals surface area contributed by atoms with Gasteiger partial charge in [-0.05, 0) is 72.6 Å². The predicted molar refractivity (Wildman–Crippen MR) is 252 cm³/mol. The summed E-state index contributed by atoms with van der Waals surface area (Å²) in [6.07, 6.45) is 17.8. The largest absolute Gasteiger partial charge is 3.00 e. The third-order valence-electron chi connectivity index (χ3n) is 12.6. The molecule has 0 aliphatic carbocycles. The van der Waals surface area contributed by atoms with Crippen LogP contribution in [0.25, 0.3) is 32.9 Å². The van der Waals surface area contributed by atoms with E-state index in [9.17, 15) is 0 Å². The molecular weight excluding hydrogens is 920 g/mol. The molecule has 2 heterocycles. The monoisotopic (exact) mass is 984 g/mol. The fraction of sp³-hybridized carbons (Fsp3) is 0.357. The molecular formula is C56H66Cl2Cr2N4O. The van der Waals surface area contributed by atoms with E-state index in [1.807, 2.05) is 0 Å². The number of benzene rings is 4. The summed E-state index contributed by atoms with van der Waals surface area (Å²) in [7, 11) is 0. The molecule has 0 fully saturated rings. The fourth-order valence-corrected chi connectivity index (χ4v) is 9.16. The molecule has 5 nitrogen and oxygen atoms in total. The van der Waals surface area contributed by atoms with Crippen molar-refractivity contribution in [2.75, 3.05) is 0 Å². The van der Waals surface area contributed by atoms with Gasteiger partial charge in [-0.3, -0.25) is 0 Å². The summed E-state index contributed by atoms with van der Waals surface area (Å²) < 4.78 is 8.79. The number of halogens is 2. The van der Waals surface area contributed by atoms with E-state index in [4.69, 9.17) is 0 Å². The minimum atomic E-state index is 0. The summed E-state index contributed by atoms with van der Waals surface area (Å²) in [4.78, 5) is 0. The van der Waals surface area contributed by atoms with Crippen LogP contribution in [-0.4, -0.2) is 9.13 Å². The fourth-order valence-electron chi connectivity index (χ4n) is 9.16. The Morgan fingerprint density at radius 3 is 1.52 bits per heavy atom. The second kappa shape index (κ2) is 24.8. The molecule has 0 aliphatic heterocycles. The Kier molecular flexibility index (Phi) is 21.8. The Morgan fingerprint density at radius 2 is 1.03 bits per heavy atom. The van der Waals surface area contributed by atoms with Crippen molar-refractivity contribution in [1.82, 2.24) is 9.13 Å². The van der Waals surface area contributed by atoms with E-state index in [-0.39, 0.29) is 65.0 Å². The summed E-state index contributed by atoms with van der Waals surface area (Å²) in [5.41, 5.74) is 16.5. The van der Waals surface area contributed by atoms with Crippen molar-refractivity contribution in [3.8, 4) is 11.4 Å². The average molecular weight is 986 g/mol. The molecule has 8 rings (SSSR count). The van der Waals surface area contributed by atoms with Crippen LogP contribution < -0.4 is 33.9 Å². The SMILES string of the molecule is Cc1ccc(C)c2c(CC[n+]3[c-]n(-c4c(C(C)C)cccc4C(C)C)cc3)c[cH-]c12.Cc1ccc(C)c2c1cc[c-]2CC[n+]1[c-]n(-c2c(C(C)C)cccc2C(C)C)cc1.[Cl-].[Cl-].[Cr+3].[Cr+3].[O-2]. The summed E-state index contributed by atoms with van der Waals surface area (Å²) in [5.74, 6) is 1.91. The Hall–Kier alpha value is -3.88. The van der Waals surface area contributed by atoms with Gasteiger partial charge < -0.3 is 48.6 Å². The molecule has 2 aromatic heterocycles. The molecule has 0 N–H and O–H groups in total. The maximum Gasteiger partial charge on any atom is 3.00 e. The molecule has 0 saturated carbocycles. The van der Waals surface area contributed by atoms with Crippen molar-refractivity contribution in [3.63, 3.8) is 0 Å². The number of aromatic nitrogens is 4. The van der Waals surface area contributed by atoms with Crippen LogP contribution in [0, 0.1) is 40.3 Å². The third-order valence-corrected chi connectivity index (χ3v) is 12.6. The zero-order valence-electron chi connectivity index (χ0n) is 40.3. The van der Waals surface area contributed by atoms with Gasteiger partial charge in [0.15, 0.2) is 0 Å². The Labute approximate surface area is 424 Å². The van der Waals surface area contributed by atoms with Gasteiger partial charge in [-0.25, -0.2) is 0 Å². The van der Waals surface area contributed by atoms with E-state index in [1.165, 1.54) is 88.6 Å². The molecule has 0 spiro atoms. The maximum absolute atomic E-state index is 3.59. The maximum atomic E-state index is 3.59. The first-order valence-electron chi connectivity index (χ1n) is 22.3. The van der Waals surface area contributed by atoms with E-state index < -0.39 is 0 Å². The third kappa shape index (κ3) is 12.4. The summed E-state index contributed by atoms with van der Waals surface area (Å²) in [6, 6.07) is 31.5. The van der Waals surface area contributed by atoms with Crippen LogP contribution in [0.4, 0.5) is 0 Å². The molecule has 0 aliphatic rings. The summed E-state index contributed by atoms with van der Waals surface area (Å²) in [6.45, 7) is 28.9. The van der Waals surface area contributed by atoms with Crippen molar-refractivity contribution in [2.24, 2.45) is 0 Å². The van der Waals surface area contributed by atoms with E-state index in [0.717, 1.165) is 25.9 Å². The number of hydrogen-bond acceptors (Lipinski definition) is 0. The van der Waals surface area contributed by atoms with Crippen LogP contribution in [0.3, 0.4) is 0 Å². The second-order valence-corrected chi connectivity index (χ2v) is 18.3. The molecule has 0 amide bonds. The van der Waals surface area contributed by atoms with Crippen LogP contribution >= 0.6 is 0 Å². The Morgan fingerprint density at radius 1 is 0.585 bits per heavy atom. The molecule has 0 bridgehead atoms. The Balaban J connectivity index is 0.000000415. The first-order chi connectivity index (χ1) is 28.7. The van der Waals surface area contributed by atoms with Gasteiger partial charge in [-0.1, -0.05) is 129 Å². The van der Waals surface area contributed by atoms with Crippen molar-refractivity contribution in [2.45, 2.75) is 133 Å². The molecule has 8 aromatic rings. The van der Waals surface area contributed by atoms with E-state index in [1.54, 1.807) is 0 Å². The summed E-state index contributed by atoms with van der Waals surface area (Å²) in [5, 5.41) is 5.65. The smallest absolute Gasteiger partial charge is 2.00 e. The van der Waals surface area contributed by atoms with Crippen LogP contribution in [0.2, 0.25) is 0 Å². The number of aryl methyl sites for hydroxylation is 8. The minimum absolute atomic E-state index is 0. The van der Waals surface area contributed by atoms with Gasteiger partial charge in [0, 0.05) is 24.8 Å². The van der Waals surface area contributed by atoms with Gasteiger partial charge >= 0.3 is 34.7 Å². The van der Waals surface area contributed by atoms with Crippen molar-refractivity contribution >= 4 is 21.5 Å². The van der Waals surface area contributed by atoms with Gasteiger partial charge in [0.05, 0.1) is 24.5 Å². The molecule has 9 heteroatoms. The van der Waals surface area contributed by atoms with Gasteiger partial charge in [-0.2, -0.15) is 6.07 Å². The zero-order valence-corrected chi connectivity index (χ0v) is 44.4. The molecule has 65 heavy (non-hydrogen) atoms. The van der Waals surface area contributed by atoms with Crippen LogP contribution in [0.1, 0.15) is 135 Å². The summed E-state index contributed by atoms with van der Waals surface area (Å²) >= 11 is 0. The number of para-hydroxylation sites is 2. The molecule has 0 unspecified atom stereocenters. The first-order valence-corrected chi connectivity index (χ1v) is 22.3. The minimum Gasteiger partial charge on any atom is -2.00 e. The molecule has 2 radical (unpaired) electrons. The predicted octanol–water partition coefficient (Wildman–Crippen LogP) is 6.97. The molecule has 342 valence electrons. The number of fused-ring (bicyclic) bond motifs is 2. The second-order valence-electron chi connectivity index (χ2n) is 18.3. The topological polar surface area (TPSA) is 46.1 Å². The molecule has 0 saturated heterocycles. The number of imidazole rings is 2. The average Bonchev–Trinajstić information content (AvgIpc) is 4.06. The van der Waals surface area contributed by atoms with Gasteiger partial charge in [0.25, 0.3) is 0 Å². The van der Waals surface area contributed by atoms with Crippen molar-refractivity contribution in [3.05, 3.63) is 178 Å². The van der Waals surface area contributed by atoms with E-state index >= 15 is 0 Å². The van der Waals surface area contributed by atoms with Crippen molar-refractivity contribution < 1.29 is 74.1 Å². The first kappa shape index (κ1) is 57.3. The normalized spacial score (nSPS) is 11.0. The molecule has 0 atom stereocenters. The Bertz CT molecular complexity index is 2510. The zero-order chi connectivity index (χ0) is 42.8. The van der Waals surface area contributed by atoms with Crippen LogP contribution in [-0.2, 0) is 66.1 Å². The number of rotatable bonds is 12. The quantitative estimate of drug-likeness (QED) is 0.0940. The van der Waals surface area contributed by atoms with Crippen LogP contribution in [0.15, 0.2) is 110 Å².